The minimum atomic E-state index is -1.15. The number of nitrogens with zero attached hydrogens (tertiary/aromatic N) is 2. The maximum absolute atomic E-state index is 13.6. The number of aliphatic hydroxyl groups is 1. The maximum Gasteiger partial charge on any atom is 0.414 e. The van der Waals surface area contributed by atoms with Crippen LogP contribution in [0.25, 0.3) is 10.4 Å². The van der Waals surface area contributed by atoms with Crippen LogP contribution in [0, 0.1) is 5.92 Å². The van der Waals surface area contributed by atoms with Crippen LogP contribution in [0.15, 0.2) is 42.5 Å². The predicted octanol–water partition coefficient (Wildman–Crippen LogP) is 3.46. The van der Waals surface area contributed by atoms with Gasteiger partial charge in [-0.25, -0.2) is 4.79 Å². The van der Waals surface area contributed by atoms with E-state index in [1.165, 1.54) is 21.1 Å². The Hall–Kier alpha value is -3.24. The van der Waals surface area contributed by atoms with E-state index in [4.69, 9.17) is 4.74 Å². The average Bonchev–Trinajstić information content (AvgIpc) is 3.60. The molecule has 4 atom stereocenters. The number of ether oxygens (including phenoxy) is 1. The Labute approximate surface area is 226 Å². The Balaban J connectivity index is 1.43. The van der Waals surface area contributed by atoms with Crippen LogP contribution in [-0.2, 0) is 14.4 Å². The number of thiophene rings is 1. The first-order chi connectivity index (χ1) is 18.2. The zero-order valence-corrected chi connectivity index (χ0v) is 22.8. The summed E-state index contributed by atoms with van der Waals surface area (Å²) in [5.41, 5.74) is 1.01. The van der Waals surface area contributed by atoms with Crippen molar-refractivity contribution in [3.05, 3.63) is 42.5 Å². The highest BCUT2D eigenvalue weighted by molar-refractivity contribution is 7.17. The van der Waals surface area contributed by atoms with Crippen LogP contribution >= 0.6 is 11.3 Å². The number of nitrogens with one attached hydrogen (secondary N) is 1. The molecule has 4 unspecified atom stereocenters. The molecule has 0 saturated carbocycles. The number of likely N-dealkylation sites (tertiary alicyclic amines) is 2. The number of rotatable bonds is 9. The number of fused-ring (bicyclic) bond motifs is 1. The van der Waals surface area contributed by atoms with Crippen LogP contribution in [0.1, 0.15) is 46.5 Å². The molecule has 1 aromatic carbocycles. The molecule has 4 rings (SSSR count). The van der Waals surface area contributed by atoms with Crippen molar-refractivity contribution in [1.29, 1.82) is 0 Å². The smallest absolute Gasteiger partial charge is 0.399 e. The lowest BCUT2D eigenvalue weighted by Gasteiger charge is -2.29. The summed E-state index contributed by atoms with van der Waals surface area (Å²) in [6.45, 7) is 5.94. The zero-order valence-electron chi connectivity index (χ0n) is 22.0. The third-order valence-corrected chi connectivity index (χ3v) is 7.98. The Morgan fingerprint density at radius 3 is 2.53 bits per heavy atom. The summed E-state index contributed by atoms with van der Waals surface area (Å²) in [6.07, 6.45) is -0.107. The Morgan fingerprint density at radius 2 is 1.84 bits per heavy atom. The van der Waals surface area contributed by atoms with Crippen LogP contribution < -0.4 is 10.1 Å². The van der Waals surface area contributed by atoms with Crippen LogP contribution in [-0.4, -0.2) is 75.9 Å². The van der Waals surface area contributed by atoms with Gasteiger partial charge in [0, 0.05) is 11.4 Å². The van der Waals surface area contributed by atoms with E-state index in [0.29, 0.717) is 37.3 Å². The van der Waals surface area contributed by atoms with E-state index in [2.05, 4.69) is 5.32 Å². The van der Waals surface area contributed by atoms with Crippen LogP contribution in [0.2, 0.25) is 0 Å². The molecule has 3 heterocycles. The number of hydrogen-bond donors (Lipinski definition) is 2. The molecule has 10 heteroatoms. The number of ketones is 1. The first-order valence-corrected chi connectivity index (χ1v) is 14.0. The first kappa shape index (κ1) is 27.8. The van der Waals surface area contributed by atoms with E-state index in [-0.39, 0.29) is 24.2 Å². The van der Waals surface area contributed by atoms with Gasteiger partial charge in [0.2, 0.25) is 5.91 Å². The van der Waals surface area contributed by atoms with Crippen molar-refractivity contribution >= 4 is 35.0 Å². The van der Waals surface area contributed by atoms with Crippen molar-refractivity contribution in [1.82, 2.24) is 15.1 Å². The molecule has 2 saturated heterocycles. The largest absolute Gasteiger partial charge is 0.414 e. The summed E-state index contributed by atoms with van der Waals surface area (Å²) in [5.74, 6) is -0.962. The average molecular weight is 542 g/mol. The molecule has 9 nitrogen and oxygen atoms in total. The molecule has 3 amide bonds. The fourth-order valence-electron chi connectivity index (χ4n) is 5.24. The summed E-state index contributed by atoms with van der Waals surface area (Å²) in [5, 5.41) is 13.3. The van der Waals surface area contributed by atoms with Gasteiger partial charge >= 0.3 is 6.09 Å². The van der Waals surface area contributed by atoms with E-state index in [1.807, 2.05) is 57.2 Å². The number of Topliss-reactive ketones (excluding diaryl/α,β-unsaturated/α-hetero) is 1. The maximum atomic E-state index is 13.6. The van der Waals surface area contributed by atoms with Gasteiger partial charge in [-0.05, 0) is 42.9 Å². The van der Waals surface area contributed by atoms with Crippen molar-refractivity contribution in [2.75, 3.05) is 13.1 Å². The molecule has 204 valence electrons. The van der Waals surface area contributed by atoms with Crippen LogP contribution in [0.5, 0.6) is 5.06 Å². The van der Waals surface area contributed by atoms with Crippen molar-refractivity contribution < 1.29 is 29.0 Å². The topological polar surface area (TPSA) is 116 Å². The minimum Gasteiger partial charge on any atom is -0.399 e. The monoisotopic (exact) mass is 541 g/mol. The molecule has 2 aliphatic heterocycles. The molecule has 0 radical (unpaired) electrons. The predicted molar refractivity (Wildman–Crippen MR) is 144 cm³/mol. The SMILES string of the molecule is CCCC(O)C(=O)N1CC(=O)C2C1CCN2C(=O)C(CC(C)C)NC(=O)Oc1ccc(-c2ccccc2)s1. The molecule has 1 aromatic heterocycles. The van der Waals surface area contributed by atoms with Crippen LogP contribution in [0.4, 0.5) is 4.79 Å². The number of carbonyl (C=O) groups excluding carboxylic acids is 4. The minimum absolute atomic E-state index is 0.0932. The molecule has 38 heavy (non-hydrogen) atoms. The normalized spacial score (nSPS) is 20.4. The Kier molecular flexibility index (Phi) is 8.83. The number of carbonyl (C=O) groups is 4. The van der Waals surface area contributed by atoms with E-state index in [0.717, 1.165) is 10.4 Å². The molecule has 2 N–H and O–H groups in total. The van der Waals surface area contributed by atoms with Gasteiger partial charge in [0.25, 0.3) is 5.91 Å². The lowest BCUT2D eigenvalue weighted by atomic mass is 10.0. The second-order valence-corrected chi connectivity index (χ2v) is 11.3. The molecular weight excluding hydrogens is 506 g/mol. The van der Waals surface area contributed by atoms with Gasteiger partial charge < -0.3 is 25.0 Å². The number of benzene rings is 1. The van der Waals surface area contributed by atoms with Crippen LogP contribution in [0.3, 0.4) is 0 Å². The second kappa shape index (κ2) is 12.1. The van der Waals surface area contributed by atoms with Gasteiger partial charge in [-0.3, -0.25) is 14.4 Å². The van der Waals surface area contributed by atoms with Crippen molar-refractivity contribution in [2.45, 2.75) is 70.7 Å². The molecule has 2 aromatic rings. The highest BCUT2D eigenvalue weighted by atomic mass is 32.1. The third-order valence-electron chi connectivity index (χ3n) is 6.97. The lowest BCUT2D eigenvalue weighted by molar-refractivity contribution is -0.142. The summed E-state index contributed by atoms with van der Waals surface area (Å²) >= 11 is 1.33. The van der Waals surface area contributed by atoms with Gasteiger partial charge in [0.15, 0.2) is 10.8 Å². The van der Waals surface area contributed by atoms with E-state index in [1.54, 1.807) is 6.07 Å². The van der Waals surface area contributed by atoms with Crippen molar-refractivity contribution in [2.24, 2.45) is 5.92 Å². The highest BCUT2D eigenvalue weighted by Gasteiger charge is 2.52. The molecule has 0 spiro atoms. The van der Waals surface area contributed by atoms with E-state index >= 15 is 0 Å². The summed E-state index contributed by atoms with van der Waals surface area (Å²) in [6, 6.07) is 11.2. The number of hydrogen-bond acceptors (Lipinski definition) is 7. The quantitative estimate of drug-likeness (QED) is 0.502. The second-order valence-electron chi connectivity index (χ2n) is 10.3. The summed E-state index contributed by atoms with van der Waals surface area (Å²) < 4.78 is 5.50. The summed E-state index contributed by atoms with van der Waals surface area (Å²) in [4.78, 5) is 55.9. The molecule has 2 fully saturated rings. The number of aliphatic hydroxyl groups excluding tert-OH is 1. The first-order valence-electron chi connectivity index (χ1n) is 13.1. The van der Waals surface area contributed by atoms with Gasteiger partial charge in [-0.2, -0.15) is 0 Å². The lowest BCUT2D eigenvalue weighted by Crippen LogP contribution is -2.53. The van der Waals surface area contributed by atoms with Gasteiger partial charge in [-0.1, -0.05) is 68.9 Å². The van der Waals surface area contributed by atoms with Crippen molar-refractivity contribution in [3.8, 4) is 15.5 Å². The fraction of sp³-hybridized carbons (Fsp3) is 0.500. The van der Waals surface area contributed by atoms with E-state index in [9.17, 15) is 24.3 Å². The van der Waals surface area contributed by atoms with Gasteiger partial charge in [0.1, 0.15) is 18.2 Å². The standard InChI is InChI=1S/C28H35N3O6S/c1-4-8-21(32)27(35)31-16-22(33)25-20(31)13-14-30(25)26(34)19(15-17(2)3)29-28(36)37-24-12-11-23(38-24)18-9-6-5-7-10-18/h5-7,9-12,17,19-21,25,32H,4,8,13-16H2,1-3H3,(H,29,36). The fourth-order valence-corrected chi connectivity index (χ4v) is 6.10. The molecular formula is C28H35N3O6S. The van der Waals surface area contributed by atoms with E-state index < -0.39 is 36.2 Å². The molecule has 2 aliphatic rings. The zero-order chi connectivity index (χ0) is 27.4. The summed E-state index contributed by atoms with van der Waals surface area (Å²) in [7, 11) is 0. The van der Waals surface area contributed by atoms with Crippen molar-refractivity contribution in [3.63, 3.8) is 0 Å². The third kappa shape index (κ3) is 6.07. The highest BCUT2D eigenvalue weighted by Crippen LogP contribution is 2.33. The number of amides is 3. The van der Waals surface area contributed by atoms with Gasteiger partial charge in [-0.15, -0.1) is 0 Å². The Morgan fingerprint density at radius 1 is 1.11 bits per heavy atom. The molecule has 0 aliphatic carbocycles. The Bertz CT molecular complexity index is 1170. The molecule has 0 bridgehead atoms. The van der Waals surface area contributed by atoms with Gasteiger partial charge in [0.05, 0.1) is 12.6 Å².